The van der Waals surface area contributed by atoms with Crippen LogP contribution in [0.15, 0.2) is 11.6 Å². The van der Waals surface area contributed by atoms with E-state index in [2.05, 4.69) is 4.98 Å². The largest absolute Gasteiger partial charge is 0.481 e. The van der Waals surface area contributed by atoms with Gasteiger partial charge in [-0.25, -0.2) is 4.98 Å². The summed E-state index contributed by atoms with van der Waals surface area (Å²) < 4.78 is 0. The van der Waals surface area contributed by atoms with Crippen LogP contribution in [-0.2, 0) is 9.59 Å². The van der Waals surface area contributed by atoms with E-state index in [0.29, 0.717) is 5.13 Å². The molecule has 2 heterocycles. The Morgan fingerprint density at radius 2 is 2.50 bits per heavy atom. The molecule has 1 aromatic heterocycles. The average molecular weight is 212 g/mol. The Balaban J connectivity index is 2.16. The first-order valence-corrected chi connectivity index (χ1v) is 4.99. The number of hydrogen-bond donors (Lipinski definition) is 1. The number of amides is 1. The minimum absolute atomic E-state index is 0.0783. The van der Waals surface area contributed by atoms with Crippen LogP contribution < -0.4 is 4.90 Å². The predicted molar refractivity (Wildman–Crippen MR) is 50.2 cm³/mol. The molecule has 1 atom stereocenters. The van der Waals surface area contributed by atoms with Gasteiger partial charge in [0.15, 0.2) is 5.13 Å². The second-order valence-corrected chi connectivity index (χ2v) is 3.93. The summed E-state index contributed by atoms with van der Waals surface area (Å²) in [4.78, 5) is 27.5. The van der Waals surface area contributed by atoms with Gasteiger partial charge in [0.2, 0.25) is 5.91 Å². The highest BCUT2D eigenvalue weighted by molar-refractivity contribution is 7.13. The van der Waals surface area contributed by atoms with E-state index in [4.69, 9.17) is 5.11 Å². The fraction of sp³-hybridized carbons (Fsp3) is 0.375. The highest BCUT2D eigenvalue weighted by atomic mass is 32.1. The summed E-state index contributed by atoms with van der Waals surface area (Å²) in [5, 5.41) is 11.1. The van der Waals surface area contributed by atoms with Crippen LogP contribution in [0.25, 0.3) is 0 Å². The smallest absolute Gasteiger partial charge is 0.308 e. The van der Waals surface area contributed by atoms with Gasteiger partial charge in [-0.1, -0.05) is 0 Å². The number of hydrogen-bond acceptors (Lipinski definition) is 4. The van der Waals surface area contributed by atoms with Crippen molar-refractivity contribution in [1.82, 2.24) is 4.98 Å². The van der Waals surface area contributed by atoms with Crippen molar-refractivity contribution in [3.8, 4) is 0 Å². The second-order valence-electron chi connectivity index (χ2n) is 3.06. The molecule has 1 aromatic rings. The molecule has 1 aliphatic rings. The van der Waals surface area contributed by atoms with E-state index in [-0.39, 0.29) is 18.9 Å². The van der Waals surface area contributed by atoms with Gasteiger partial charge < -0.3 is 5.11 Å². The molecule has 14 heavy (non-hydrogen) atoms. The number of carbonyl (C=O) groups excluding carboxylic acids is 1. The number of anilines is 1. The number of carboxylic acid groups (broad SMARTS) is 1. The lowest BCUT2D eigenvalue weighted by Gasteiger charge is -2.10. The Bertz CT molecular complexity index is 363. The molecule has 2 rings (SSSR count). The molecule has 1 saturated heterocycles. The number of rotatable bonds is 2. The molecule has 5 nitrogen and oxygen atoms in total. The minimum Gasteiger partial charge on any atom is -0.481 e. The van der Waals surface area contributed by atoms with Crippen LogP contribution in [0.5, 0.6) is 0 Å². The summed E-state index contributed by atoms with van der Waals surface area (Å²) in [5.74, 6) is -1.67. The van der Waals surface area contributed by atoms with Crippen molar-refractivity contribution in [1.29, 1.82) is 0 Å². The summed E-state index contributed by atoms with van der Waals surface area (Å²) in [6.45, 7) is 0.238. The van der Waals surface area contributed by atoms with Crippen LogP contribution in [0.3, 0.4) is 0 Å². The van der Waals surface area contributed by atoms with E-state index in [0.717, 1.165) is 0 Å². The van der Waals surface area contributed by atoms with Gasteiger partial charge in [0.1, 0.15) is 0 Å². The van der Waals surface area contributed by atoms with Crippen LogP contribution in [0.1, 0.15) is 6.42 Å². The van der Waals surface area contributed by atoms with E-state index < -0.39 is 11.9 Å². The summed E-state index contributed by atoms with van der Waals surface area (Å²) in [7, 11) is 0. The molecule has 1 aliphatic heterocycles. The SMILES string of the molecule is O=C(O)[C@@H]1CC(=O)N(c2nccs2)C1. The number of carboxylic acids is 1. The molecule has 0 spiro atoms. The second kappa shape index (κ2) is 3.38. The molecule has 6 heteroatoms. The number of aromatic nitrogens is 1. The van der Waals surface area contributed by atoms with Crippen LogP contribution in [-0.4, -0.2) is 28.5 Å². The summed E-state index contributed by atoms with van der Waals surface area (Å²) in [6, 6.07) is 0. The maximum absolute atomic E-state index is 11.4. The third-order valence-corrected chi connectivity index (χ3v) is 2.92. The Hall–Kier alpha value is -1.43. The van der Waals surface area contributed by atoms with Crippen LogP contribution in [0.2, 0.25) is 0 Å². The molecular weight excluding hydrogens is 204 g/mol. The lowest BCUT2D eigenvalue weighted by atomic mass is 10.1. The third-order valence-electron chi connectivity index (χ3n) is 2.12. The zero-order valence-corrected chi connectivity index (χ0v) is 8.03. The zero-order valence-electron chi connectivity index (χ0n) is 7.21. The maximum atomic E-state index is 11.4. The van der Waals surface area contributed by atoms with Gasteiger partial charge >= 0.3 is 5.97 Å². The van der Waals surface area contributed by atoms with Crippen molar-refractivity contribution < 1.29 is 14.7 Å². The molecule has 0 radical (unpaired) electrons. The van der Waals surface area contributed by atoms with Gasteiger partial charge in [-0.2, -0.15) is 0 Å². The monoisotopic (exact) mass is 212 g/mol. The Kier molecular flexibility index (Phi) is 2.20. The van der Waals surface area contributed by atoms with E-state index in [1.807, 2.05) is 0 Å². The van der Waals surface area contributed by atoms with Gasteiger partial charge in [0.25, 0.3) is 0 Å². The fourth-order valence-corrected chi connectivity index (χ4v) is 2.08. The number of carbonyl (C=O) groups is 2. The molecule has 1 amide bonds. The Morgan fingerprint density at radius 1 is 1.71 bits per heavy atom. The molecular formula is C8H8N2O3S. The Morgan fingerprint density at radius 3 is 3.00 bits per heavy atom. The van der Waals surface area contributed by atoms with Crippen LogP contribution >= 0.6 is 11.3 Å². The van der Waals surface area contributed by atoms with Crippen molar-refractivity contribution in [3.05, 3.63) is 11.6 Å². The standard InChI is InChI=1S/C8H8N2O3S/c11-6-3-5(7(12)13)4-10(6)8-9-1-2-14-8/h1-2,5H,3-4H2,(H,12,13)/t5-/m1/s1. The lowest BCUT2D eigenvalue weighted by molar-refractivity contribution is -0.141. The number of aliphatic carboxylic acids is 1. The molecule has 0 aromatic carbocycles. The van der Waals surface area contributed by atoms with E-state index in [1.165, 1.54) is 16.2 Å². The van der Waals surface area contributed by atoms with Crippen molar-refractivity contribution >= 4 is 28.3 Å². The summed E-state index contributed by atoms with van der Waals surface area (Å²) in [6.07, 6.45) is 1.68. The van der Waals surface area contributed by atoms with E-state index >= 15 is 0 Å². The zero-order chi connectivity index (χ0) is 10.1. The predicted octanol–water partition coefficient (Wildman–Crippen LogP) is 0.581. The highest BCUT2D eigenvalue weighted by Crippen LogP contribution is 2.26. The molecule has 1 N–H and O–H groups in total. The first-order valence-electron chi connectivity index (χ1n) is 4.11. The molecule has 0 aliphatic carbocycles. The average Bonchev–Trinajstić information content (AvgIpc) is 2.71. The van der Waals surface area contributed by atoms with Gasteiger partial charge in [0.05, 0.1) is 5.92 Å². The molecule has 0 unspecified atom stereocenters. The molecule has 74 valence electrons. The van der Waals surface area contributed by atoms with Crippen molar-refractivity contribution in [2.24, 2.45) is 5.92 Å². The minimum atomic E-state index is -0.919. The van der Waals surface area contributed by atoms with Crippen molar-refractivity contribution in [2.45, 2.75) is 6.42 Å². The van der Waals surface area contributed by atoms with Crippen molar-refractivity contribution in [2.75, 3.05) is 11.4 Å². The quantitative estimate of drug-likeness (QED) is 0.778. The number of thiazole rings is 1. The highest BCUT2D eigenvalue weighted by Gasteiger charge is 2.35. The Labute approximate surface area is 84.0 Å². The number of nitrogens with zero attached hydrogens (tertiary/aromatic N) is 2. The van der Waals surface area contributed by atoms with Crippen molar-refractivity contribution in [3.63, 3.8) is 0 Å². The maximum Gasteiger partial charge on any atom is 0.308 e. The normalized spacial score (nSPS) is 21.6. The van der Waals surface area contributed by atoms with Gasteiger partial charge in [-0.3, -0.25) is 14.5 Å². The third kappa shape index (κ3) is 1.48. The van der Waals surface area contributed by atoms with E-state index in [1.54, 1.807) is 11.6 Å². The lowest BCUT2D eigenvalue weighted by Crippen LogP contribution is -2.25. The van der Waals surface area contributed by atoms with Gasteiger partial charge in [0, 0.05) is 24.5 Å². The topological polar surface area (TPSA) is 70.5 Å². The summed E-state index contributed by atoms with van der Waals surface area (Å²) in [5.41, 5.74) is 0. The molecule has 1 fully saturated rings. The van der Waals surface area contributed by atoms with Gasteiger partial charge in [-0.15, -0.1) is 11.3 Å². The first-order chi connectivity index (χ1) is 6.68. The summed E-state index contributed by atoms with van der Waals surface area (Å²) >= 11 is 1.34. The van der Waals surface area contributed by atoms with Gasteiger partial charge in [-0.05, 0) is 0 Å². The fourth-order valence-electron chi connectivity index (χ4n) is 1.41. The van der Waals surface area contributed by atoms with Crippen LogP contribution in [0.4, 0.5) is 5.13 Å². The van der Waals surface area contributed by atoms with Crippen LogP contribution in [0, 0.1) is 5.92 Å². The first kappa shape index (κ1) is 9.14. The van der Waals surface area contributed by atoms with E-state index in [9.17, 15) is 9.59 Å². The molecule has 0 saturated carbocycles. The molecule has 0 bridgehead atoms.